The van der Waals surface area contributed by atoms with Crippen LogP contribution >= 0.6 is 0 Å². The second-order valence-electron chi connectivity index (χ2n) is 6.02. The summed E-state index contributed by atoms with van der Waals surface area (Å²) < 4.78 is 5.22. The van der Waals surface area contributed by atoms with Crippen molar-refractivity contribution in [3.05, 3.63) is 58.8 Å². The summed E-state index contributed by atoms with van der Waals surface area (Å²) in [7, 11) is 0. The summed E-state index contributed by atoms with van der Waals surface area (Å²) in [5.74, 6) is -0.610. The van der Waals surface area contributed by atoms with E-state index in [0.717, 1.165) is 19.5 Å². The van der Waals surface area contributed by atoms with E-state index in [9.17, 15) is 4.79 Å². The topological polar surface area (TPSA) is 66.6 Å². The lowest BCUT2D eigenvalue weighted by molar-refractivity contribution is 0.0690. The Morgan fingerprint density at radius 3 is 2.61 bits per heavy atom. The van der Waals surface area contributed by atoms with Crippen molar-refractivity contribution in [2.24, 2.45) is 0 Å². The van der Waals surface area contributed by atoms with Crippen LogP contribution in [-0.2, 0) is 6.54 Å². The Bertz CT molecular complexity index is 741. The number of carboxylic acids is 1. The Hall–Kier alpha value is -2.40. The molecule has 120 valence electrons. The second-order valence-corrected chi connectivity index (χ2v) is 6.02. The molecule has 0 saturated heterocycles. The number of benzene rings is 1. The van der Waals surface area contributed by atoms with Crippen molar-refractivity contribution < 1.29 is 14.3 Å². The molecule has 5 nitrogen and oxygen atoms in total. The quantitative estimate of drug-likeness (QED) is 0.938. The zero-order valence-corrected chi connectivity index (χ0v) is 13.4. The molecule has 0 radical (unpaired) electrons. The van der Waals surface area contributed by atoms with E-state index in [2.05, 4.69) is 48.0 Å². The number of carboxylic acid groups (broad SMARTS) is 1. The van der Waals surface area contributed by atoms with Crippen molar-refractivity contribution in [3.8, 4) is 0 Å². The van der Waals surface area contributed by atoms with Gasteiger partial charge in [0.05, 0.1) is 6.54 Å². The van der Waals surface area contributed by atoms with Gasteiger partial charge >= 0.3 is 5.97 Å². The van der Waals surface area contributed by atoms with Gasteiger partial charge in [-0.2, -0.15) is 0 Å². The van der Waals surface area contributed by atoms with Gasteiger partial charge in [0, 0.05) is 13.1 Å². The van der Waals surface area contributed by atoms with Gasteiger partial charge in [-0.3, -0.25) is 4.90 Å². The Morgan fingerprint density at radius 2 is 2.04 bits per heavy atom. The summed E-state index contributed by atoms with van der Waals surface area (Å²) >= 11 is 0. The fourth-order valence-corrected chi connectivity index (χ4v) is 2.95. The highest BCUT2D eigenvalue weighted by Crippen LogP contribution is 2.25. The zero-order valence-electron chi connectivity index (χ0n) is 13.4. The highest BCUT2D eigenvalue weighted by Gasteiger charge is 2.17. The molecular formula is C18H20N2O3. The summed E-state index contributed by atoms with van der Waals surface area (Å²) in [4.78, 5) is 17.0. The lowest BCUT2D eigenvalue weighted by Crippen LogP contribution is -2.28. The van der Waals surface area contributed by atoms with E-state index in [1.807, 2.05) is 0 Å². The maximum absolute atomic E-state index is 10.8. The SMILES string of the molecule is Cc1cc(C)cc(C2=CCN(Cc3nc(C(=O)O)co3)CC2)c1. The van der Waals surface area contributed by atoms with Crippen LogP contribution in [0.25, 0.3) is 5.57 Å². The highest BCUT2D eigenvalue weighted by molar-refractivity contribution is 5.84. The number of hydrogen-bond donors (Lipinski definition) is 1. The molecule has 5 heteroatoms. The molecule has 1 aliphatic heterocycles. The van der Waals surface area contributed by atoms with Crippen molar-refractivity contribution in [2.45, 2.75) is 26.8 Å². The van der Waals surface area contributed by atoms with Gasteiger partial charge < -0.3 is 9.52 Å². The molecular weight excluding hydrogens is 292 g/mol. The molecule has 2 aromatic rings. The first-order valence-corrected chi connectivity index (χ1v) is 7.69. The molecule has 23 heavy (non-hydrogen) atoms. The van der Waals surface area contributed by atoms with Crippen molar-refractivity contribution in [2.75, 3.05) is 13.1 Å². The van der Waals surface area contributed by atoms with Gasteiger partial charge in [-0.15, -0.1) is 0 Å². The van der Waals surface area contributed by atoms with Crippen molar-refractivity contribution in [3.63, 3.8) is 0 Å². The summed E-state index contributed by atoms with van der Waals surface area (Å²) in [6.07, 6.45) is 4.40. The van der Waals surface area contributed by atoms with Gasteiger partial charge in [-0.05, 0) is 31.4 Å². The van der Waals surface area contributed by atoms with Gasteiger partial charge in [0.2, 0.25) is 5.89 Å². The predicted octanol–water partition coefficient (Wildman–Crippen LogP) is 3.28. The normalized spacial score (nSPS) is 15.5. The van der Waals surface area contributed by atoms with Crippen LogP contribution < -0.4 is 0 Å². The predicted molar refractivity (Wildman–Crippen MR) is 87.2 cm³/mol. The number of aromatic carboxylic acids is 1. The fraction of sp³-hybridized carbons (Fsp3) is 0.333. The average Bonchev–Trinajstić information content (AvgIpc) is 2.96. The van der Waals surface area contributed by atoms with Crippen molar-refractivity contribution >= 4 is 11.5 Å². The van der Waals surface area contributed by atoms with Gasteiger partial charge in [0.25, 0.3) is 0 Å². The van der Waals surface area contributed by atoms with Crippen molar-refractivity contribution in [1.29, 1.82) is 0 Å². The first-order valence-electron chi connectivity index (χ1n) is 7.69. The molecule has 2 heterocycles. The van der Waals surface area contributed by atoms with Crippen LogP contribution in [0, 0.1) is 13.8 Å². The van der Waals surface area contributed by atoms with Crippen molar-refractivity contribution in [1.82, 2.24) is 9.88 Å². The first-order chi connectivity index (χ1) is 11.0. The third kappa shape index (κ3) is 3.68. The van der Waals surface area contributed by atoms with Gasteiger partial charge in [-0.25, -0.2) is 9.78 Å². The number of nitrogens with zero attached hydrogens (tertiary/aromatic N) is 2. The summed E-state index contributed by atoms with van der Waals surface area (Å²) in [5, 5.41) is 8.86. The number of aromatic nitrogens is 1. The minimum atomic E-state index is -1.06. The largest absolute Gasteiger partial charge is 0.476 e. The third-order valence-corrected chi connectivity index (χ3v) is 4.02. The molecule has 0 unspecified atom stereocenters. The van der Waals surface area contributed by atoms with Crippen LogP contribution in [0.3, 0.4) is 0 Å². The molecule has 1 aromatic carbocycles. The minimum absolute atomic E-state index is 0.0384. The van der Waals surface area contributed by atoms with Crippen LogP contribution in [-0.4, -0.2) is 34.0 Å². The molecule has 0 saturated carbocycles. The van der Waals surface area contributed by atoms with E-state index in [1.54, 1.807) is 0 Å². The lowest BCUT2D eigenvalue weighted by Gasteiger charge is -2.25. The minimum Gasteiger partial charge on any atom is -0.476 e. The number of hydrogen-bond acceptors (Lipinski definition) is 4. The molecule has 0 spiro atoms. The number of oxazole rings is 1. The summed E-state index contributed by atoms with van der Waals surface area (Å²) in [6.45, 7) is 6.49. The smallest absolute Gasteiger partial charge is 0.357 e. The van der Waals surface area contributed by atoms with Gasteiger partial charge in [0.15, 0.2) is 5.69 Å². The Labute approximate surface area is 135 Å². The zero-order chi connectivity index (χ0) is 16.4. The molecule has 0 bridgehead atoms. The lowest BCUT2D eigenvalue weighted by atomic mass is 9.96. The second kappa shape index (κ2) is 6.38. The first kappa shape index (κ1) is 15.5. The molecule has 0 atom stereocenters. The van der Waals surface area contributed by atoms with Crippen LogP contribution in [0.5, 0.6) is 0 Å². The maximum Gasteiger partial charge on any atom is 0.357 e. The fourth-order valence-electron chi connectivity index (χ4n) is 2.95. The van der Waals surface area contributed by atoms with E-state index in [0.29, 0.717) is 12.4 Å². The molecule has 1 aromatic heterocycles. The molecule has 0 fully saturated rings. The number of carbonyl (C=O) groups is 1. The highest BCUT2D eigenvalue weighted by atomic mass is 16.4. The standard InChI is InChI=1S/C18H20N2O3/c1-12-7-13(2)9-15(8-12)14-3-5-20(6-4-14)10-17-19-16(11-23-17)18(21)22/h3,7-9,11H,4-6,10H2,1-2H3,(H,21,22). The molecule has 1 aliphatic rings. The average molecular weight is 312 g/mol. The summed E-state index contributed by atoms with van der Waals surface area (Å²) in [5.41, 5.74) is 5.19. The summed E-state index contributed by atoms with van der Waals surface area (Å²) in [6, 6.07) is 6.63. The van der Waals surface area contributed by atoms with Gasteiger partial charge in [0.1, 0.15) is 6.26 Å². The number of aryl methyl sites for hydroxylation is 2. The van der Waals surface area contributed by atoms with Crippen LogP contribution in [0.2, 0.25) is 0 Å². The third-order valence-electron chi connectivity index (χ3n) is 4.02. The van der Waals surface area contributed by atoms with Crippen LogP contribution in [0.1, 0.15) is 39.5 Å². The molecule has 0 aliphatic carbocycles. The monoisotopic (exact) mass is 312 g/mol. The Kier molecular flexibility index (Phi) is 4.30. The Morgan fingerprint density at radius 1 is 1.30 bits per heavy atom. The van der Waals surface area contributed by atoms with E-state index in [4.69, 9.17) is 9.52 Å². The molecule has 0 amide bonds. The number of rotatable bonds is 4. The molecule has 3 rings (SSSR count). The molecule has 1 N–H and O–H groups in total. The van der Waals surface area contributed by atoms with Crippen LogP contribution in [0.4, 0.5) is 0 Å². The van der Waals surface area contributed by atoms with E-state index >= 15 is 0 Å². The Balaban J connectivity index is 1.66. The van der Waals surface area contributed by atoms with E-state index in [1.165, 1.54) is 28.5 Å². The van der Waals surface area contributed by atoms with Crippen LogP contribution in [0.15, 0.2) is 35.0 Å². The van der Waals surface area contributed by atoms with E-state index < -0.39 is 5.97 Å². The maximum atomic E-state index is 10.8. The van der Waals surface area contributed by atoms with Gasteiger partial charge in [-0.1, -0.05) is 35.4 Å². The van der Waals surface area contributed by atoms with E-state index in [-0.39, 0.29) is 5.69 Å².